The molecule has 2 aliphatic rings. The minimum atomic E-state index is -0.238. The van der Waals surface area contributed by atoms with Gasteiger partial charge in [-0.3, -0.25) is 14.6 Å². The van der Waals surface area contributed by atoms with Crippen molar-refractivity contribution in [1.29, 1.82) is 0 Å². The molecule has 1 atom stereocenters. The number of anilines is 1. The molecule has 2 aromatic heterocycles. The smallest absolute Gasteiger partial charge is 0.228 e. The first kappa shape index (κ1) is 17.0. The van der Waals surface area contributed by atoms with Gasteiger partial charge in [-0.25, -0.2) is 4.98 Å². The molecule has 0 N–H and O–H groups in total. The summed E-state index contributed by atoms with van der Waals surface area (Å²) in [6.07, 6.45) is 3.83. The molecular weight excluding hydrogens is 350 g/mol. The third kappa shape index (κ3) is 3.55. The molecule has 1 unspecified atom stereocenters. The van der Waals surface area contributed by atoms with Gasteiger partial charge in [0.15, 0.2) is 5.13 Å². The topological polar surface area (TPSA) is 69.6 Å². The Hall–Kier alpha value is -2.48. The maximum absolute atomic E-state index is 12.8. The van der Waals surface area contributed by atoms with Crippen LogP contribution in [0, 0.1) is 5.92 Å². The van der Waals surface area contributed by atoms with Crippen LogP contribution in [0.15, 0.2) is 36.0 Å². The lowest BCUT2D eigenvalue weighted by molar-refractivity contribution is -0.136. The number of hydrogen-bond donors (Lipinski definition) is 0. The molecule has 0 spiro atoms. The summed E-state index contributed by atoms with van der Waals surface area (Å²) in [7, 11) is 0. The number of carbonyl (C=O) groups excluding carboxylic acids is 2. The summed E-state index contributed by atoms with van der Waals surface area (Å²) in [6, 6.07) is 5.67. The van der Waals surface area contributed by atoms with E-state index in [0.717, 1.165) is 23.9 Å². The summed E-state index contributed by atoms with van der Waals surface area (Å²) in [6.45, 7) is 3.91. The first-order valence-corrected chi connectivity index (χ1v) is 9.69. The van der Waals surface area contributed by atoms with Gasteiger partial charge in [-0.05, 0) is 12.1 Å². The molecule has 2 saturated heterocycles. The number of carbonyl (C=O) groups is 2. The zero-order valence-corrected chi connectivity index (χ0v) is 15.3. The number of amides is 2. The number of thiazole rings is 1. The Morgan fingerprint density at radius 1 is 1.15 bits per heavy atom. The van der Waals surface area contributed by atoms with Crippen LogP contribution in [0.5, 0.6) is 0 Å². The number of hydrogen-bond acceptors (Lipinski definition) is 6. The van der Waals surface area contributed by atoms with E-state index in [0.29, 0.717) is 32.6 Å². The SMILES string of the molecule is O=C1CC(C(=O)N2CCN(c3nccs3)CC2)CN1Cc1ccccn1. The molecule has 26 heavy (non-hydrogen) atoms. The first-order chi connectivity index (χ1) is 12.7. The van der Waals surface area contributed by atoms with E-state index in [1.54, 1.807) is 28.6 Å². The second kappa shape index (κ2) is 7.41. The van der Waals surface area contributed by atoms with Gasteiger partial charge in [0, 0.05) is 56.9 Å². The highest BCUT2D eigenvalue weighted by Crippen LogP contribution is 2.24. The summed E-state index contributed by atoms with van der Waals surface area (Å²) < 4.78 is 0. The molecule has 2 amide bonds. The van der Waals surface area contributed by atoms with Gasteiger partial charge in [0.25, 0.3) is 0 Å². The van der Waals surface area contributed by atoms with E-state index in [4.69, 9.17) is 0 Å². The lowest BCUT2D eigenvalue weighted by Gasteiger charge is -2.35. The number of likely N-dealkylation sites (tertiary alicyclic amines) is 1. The van der Waals surface area contributed by atoms with Crippen LogP contribution in [-0.2, 0) is 16.1 Å². The van der Waals surface area contributed by atoms with Crippen molar-refractivity contribution in [2.45, 2.75) is 13.0 Å². The minimum Gasteiger partial charge on any atom is -0.345 e. The number of aromatic nitrogens is 2. The van der Waals surface area contributed by atoms with Gasteiger partial charge in [0.2, 0.25) is 11.8 Å². The van der Waals surface area contributed by atoms with Gasteiger partial charge in [0.1, 0.15) is 0 Å². The van der Waals surface area contributed by atoms with Gasteiger partial charge in [0.05, 0.1) is 18.2 Å². The summed E-state index contributed by atoms with van der Waals surface area (Å²) in [5, 5.41) is 2.97. The molecule has 2 fully saturated rings. The molecule has 0 radical (unpaired) electrons. The Morgan fingerprint density at radius 2 is 2.00 bits per heavy atom. The van der Waals surface area contributed by atoms with Crippen molar-refractivity contribution in [1.82, 2.24) is 19.8 Å². The predicted molar refractivity (Wildman–Crippen MR) is 98.7 cm³/mol. The highest BCUT2D eigenvalue weighted by Gasteiger charge is 2.37. The predicted octanol–water partition coefficient (Wildman–Crippen LogP) is 1.24. The van der Waals surface area contributed by atoms with Gasteiger partial charge >= 0.3 is 0 Å². The molecule has 136 valence electrons. The van der Waals surface area contributed by atoms with Crippen molar-refractivity contribution in [2.75, 3.05) is 37.6 Å². The van der Waals surface area contributed by atoms with Gasteiger partial charge in [-0.2, -0.15) is 0 Å². The lowest BCUT2D eigenvalue weighted by atomic mass is 10.1. The number of rotatable bonds is 4. The average Bonchev–Trinajstić information content (AvgIpc) is 3.33. The monoisotopic (exact) mass is 371 g/mol. The first-order valence-electron chi connectivity index (χ1n) is 8.81. The van der Waals surface area contributed by atoms with E-state index in [-0.39, 0.29) is 17.7 Å². The van der Waals surface area contributed by atoms with Crippen LogP contribution in [0.2, 0.25) is 0 Å². The van der Waals surface area contributed by atoms with Crippen LogP contribution in [0.4, 0.5) is 5.13 Å². The van der Waals surface area contributed by atoms with E-state index < -0.39 is 0 Å². The normalized spacial score (nSPS) is 20.7. The maximum Gasteiger partial charge on any atom is 0.228 e. The summed E-state index contributed by atoms with van der Waals surface area (Å²) in [5.41, 5.74) is 0.853. The third-order valence-electron chi connectivity index (χ3n) is 4.92. The molecule has 7 nitrogen and oxygen atoms in total. The number of piperazine rings is 1. The summed E-state index contributed by atoms with van der Waals surface area (Å²) in [5.74, 6) is -0.103. The second-order valence-electron chi connectivity index (χ2n) is 6.62. The highest BCUT2D eigenvalue weighted by atomic mass is 32.1. The molecule has 0 aromatic carbocycles. The van der Waals surface area contributed by atoms with E-state index >= 15 is 0 Å². The Kier molecular flexibility index (Phi) is 4.83. The molecule has 0 saturated carbocycles. The van der Waals surface area contributed by atoms with Crippen LogP contribution < -0.4 is 4.90 Å². The van der Waals surface area contributed by atoms with Crippen LogP contribution in [0.1, 0.15) is 12.1 Å². The highest BCUT2D eigenvalue weighted by molar-refractivity contribution is 7.13. The van der Waals surface area contributed by atoms with Crippen molar-refractivity contribution in [3.8, 4) is 0 Å². The minimum absolute atomic E-state index is 0.0374. The molecule has 0 bridgehead atoms. The van der Waals surface area contributed by atoms with Crippen LogP contribution in [0.3, 0.4) is 0 Å². The standard InChI is InChI=1S/C18H21N5O2S/c24-16-11-14(12-23(16)13-15-3-1-2-4-19-15)17(25)21-6-8-22(9-7-21)18-20-5-10-26-18/h1-5,10,14H,6-9,11-13H2. The zero-order chi connectivity index (χ0) is 17.9. The van der Waals surface area contributed by atoms with Crippen molar-refractivity contribution in [3.63, 3.8) is 0 Å². The Bertz CT molecular complexity index is 759. The van der Waals surface area contributed by atoms with Crippen LogP contribution >= 0.6 is 11.3 Å². The molecule has 8 heteroatoms. The molecule has 4 rings (SSSR count). The lowest BCUT2D eigenvalue weighted by Crippen LogP contribution is -2.50. The molecule has 0 aliphatic carbocycles. The van der Waals surface area contributed by atoms with Crippen molar-refractivity contribution >= 4 is 28.3 Å². The summed E-state index contributed by atoms with van der Waals surface area (Å²) >= 11 is 1.62. The largest absolute Gasteiger partial charge is 0.345 e. The van der Waals surface area contributed by atoms with Crippen molar-refractivity contribution in [3.05, 3.63) is 41.7 Å². The molecular formula is C18H21N5O2S. The fourth-order valence-electron chi connectivity index (χ4n) is 3.53. The van der Waals surface area contributed by atoms with Gasteiger partial charge in [-0.15, -0.1) is 11.3 Å². The van der Waals surface area contributed by atoms with E-state index in [9.17, 15) is 9.59 Å². The van der Waals surface area contributed by atoms with E-state index in [1.807, 2.05) is 28.5 Å². The van der Waals surface area contributed by atoms with Crippen molar-refractivity contribution < 1.29 is 9.59 Å². The quantitative estimate of drug-likeness (QED) is 0.809. The Labute approximate surface area is 156 Å². The second-order valence-corrected chi connectivity index (χ2v) is 7.50. The maximum atomic E-state index is 12.8. The fraction of sp³-hybridized carbons (Fsp3) is 0.444. The average molecular weight is 371 g/mol. The molecule has 2 aromatic rings. The Morgan fingerprint density at radius 3 is 2.69 bits per heavy atom. The van der Waals surface area contributed by atoms with Crippen molar-refractivity contribution in [2.24, 2.45) is 5.92 Å². The zero-order valence-electron chi connectivity index (χ0n) is 14.5. The van der Waals surface area contributed by atoms with Crippen LogP contribution in [0.25, 0.3) is 0 Å². The summed E-state index contributed by atoms with van der Waals surface area (Å²) in [4.78, 5) is 39.6. The van der Waals surface area contributed by atoms with E-state index in [2.05, 4.69) is 14.9 Å². The van der Waals surface area contributed by atoms with Crippen LogP contribution in [-0.4, -0.2) is 64.3 Å². The molecule has 4 heterocycles. The Balaban J connectivity index is 1.32. The number of nitrogens with zero attached hydrogens (tertiary/aromatic N) is 5. The number of pyridine rings is 1. The van der Waals surface area contributed by atoms with Gasteiger partial charge in [-0.1, -0.05) is 6.07 Å². The third-order valence-corrected chi connectivity index (χ3v) is 5.76. The molecule has 2 aliphatic heterocycles. The fourth-order valence-corrected chi connectivity index (χ4v) is 4.22. The van der Waals surface area contributed by atoms with E-state index in [1.165, 1.54) is 0 Å². The van der Waals surface area contributed by atoms with Gasteiger partial charge < -0.3 is 14.7 Å².